The topological polar surface area (TPSA) is 133 Å². The lowest BCUT2D eigenvalue weighted by Gasteiger charge is -2.25. The zero-order valence-corrected chi connectivity index (χ0v) is 23.8. The van der Waals surface area contributed by atoms with Gasteiger partial charge in [0.15, 0.2) is 28.8 Å². The fourth-order valence-electron chi connectivity index (χ4n) is 4.63. The molecule has 5 aromatic rings. The van der Waals surface area contributed by atoms with Crippen molar-refractivity contribution in [2.24, 2.45) is 7.05 Å². The molecular weight excluding hydrogens is 562 g/mol. The summed E-state index contributed by atoms with van der Waals surface area (Å²) in [5.41, 5.74) is -1.50. The molecule has 0 amide bonds. The molecule has 5 rings (SSSR count). The summed E-state index contributed by atoms with van der Waals surface area (Å²) in [5, 5.41) is 10.9. The van der Waals surface area contributed by atoms with Crippen LogP contribution >= 0.6 is 0 Å². The lowest BCUT2D eigenvalue weighted by molar-refractivity contribution is 0.0990. The number of aromatic amines is 1. The summed E-state index contributed by atoms with van der Waals surface area (Å²) in [4.78, 5) is 43.2. The number of ketones is 1. The van der Waals surface area contributed by atoms with Crippen LogP contribution < -0.4 is 21.3 Å². The van der Waals surface area contributed by atoms with Crippen LogP contribution in [0.2, 0.25) is 0 Å². The maximum atomic E-state index is 15.3. The molecule has 0 bridgehead atoms. The average Bonchev–Trinajstić information content (AvgIpc) is 3.36. The number of fused-ring (bicyclic) bond motifs is 1. The number of nitrogens with one attached hydrogen (secondary N) is 2. The van der Waals surface area contributed by atoms with Crippen LogP contribution in [0.3, 0.4) is 0 Å². The fraction of sp³-hybridized carbons (Fsp3) is 0.233. The van der Waals surface area contributed by atoms with Crippen LogP contribution in [0.4, 0.5) is 14.6 Å². The molecule has 3 aromatic heterocycles. The average molecular weight is 591 g/mol. The van der Waals surface area contributed by atoms with Gasteiger partial charge < -0.3 is 19.4 Å². The molecule has 0 unspecified atom stereocenters. The second kappa shape index (κ2) is 11.6. The van der Waals surface area contributed by atoms with Crippen LogP contribution in [-0.2, 0) is 18.2 Å². The van der Waals surface area contributed by atoms with Gasteiger partial charge in [-0.25, -0.2) is 23.1 Å². The van der Waals surface area contributed by atoms with Gasteiger partial charge in [0.25, 0.3) is 5.56 Å². The highest BCUT2D eigenvalue weighted by Gasteiger charge is 2.23. The Bertz CT molecular complexity index is 1950. The number of rotatable bonds is 10. The zero-order chi connectivity index (χ0) is 30.9. The van der Waals surface area contributed by atoms with Crippen molar-refractivity contribution in [3.63, 3.8) is 0 Å². The van der Waals surface area contributed by atoms with Crippen molar-refractivity contribution in [1.29, 1.82) is 0 Å². The molecule has 0 saturated carbocycles. The fourth-order valence-corrected chi connectivity index (χ4v) is 4.63. The second-order valence-corrected chi connectivity index (χ2v) is 10.6. The number of benzene rings is 2. The van der Waals surface area contributed by atoms with Gasteiger partial charge in [0.05, 0.1) is 17.8 Å². The maximum absolute atomic E-state index is 15.3. The number of halogens is 2. The van der Waals surface area contributed by atoms with Crippen molar-refractivity contribution in [1.82, 2.24) is 24.3 Å². The van der Waals surface area contributed by atoms with Crippen LogP contribution in [-0.4, -0.2) is 49.4 Å². The third kappa shape index (κ3) is 6.06. The standard InChI is InChI=1S/C30H28F2N6O5/c1-30(2,16-42-4)34-27-25-24(11-12-33-26(25)35-36-27)43-23-10-5-17(13-21(23)32)14-22(39)20-15-37(3)29(41)38(28(20)40)19-8-6-18(31)7-9-19/h5-13,15H,14,16H2,1-4H3,(H2,33,34,35,36). The van der Waals surface area contributed by atoms with Gasteiger partial charge in [-0.2, -0.15) is 5.10 Å². The number of hydrogen-bond donors (Lipinski definition) is 2. The summed E-state index contributed by atoms with van der Waals surface area (Å²) in [5.74, 6) is -1.27. The van der Waals surface area contributed by atoms with E-state index in [1.54, 1.807) is 13.2 Å². The van der Waals surface area contributed by atoms with Crippen molar-refractivity contribution < 1.29 is 23.0 Å². The maximum Gasteiger partial charge on any atom is 0.335 e. The molecule has 0 aliphatic heterocycles. The van der Waals surface area contributed by atoms with Crippen LogP contribution in [0.5, 0.6) is 11.5 Å². The number of aromatic nitrogens is 5. The normalized spacial score (nSPS) is 11.6. The number of ether oxygens (including phenoxy) is 2. The number of nitrogens with zero attached hydrogens (tertiary/aromatic N) is 4. The van der Waals surface area contributed by atoms with E-state index in [0.29, 0.717) is 29.2 Å². The van der Waals surface area contributed by atoms with E-state index in [0.717, 1.165) is 33.5 Å². The molecular formula is C30H28F2N6O5. The van der Waals surface area contributed by atoms with E-state index in [2.05, 4.69) is 20.5 Å². The molecule has 0 radical (unpaired) electrons. The van der Waals surface area contributed by atoms with E-state index in [1.165, 1.54) is 37.5 Å². The molecule has 3 heterocycles. The number of carbonyl (C=O) groups is 1. The number of carbonyl (C=O) groups excluding carboxylic acids is 1. The minimum absolute atomic E-state index is 0.104. The molecule has 0 spiro atoms. The molecule has 0 aliphatic carbocycles. The Hall–Kier alpha value is -5.17. The van der Waals surface area contributed by atoms with Gasteiger partial charge in [0, 0.05) is 39.0 Å². The minimum Gasteiger partial charge on any atom is -0.453 e. The number of H-pyrrole nitrogens is 1. The predicted octanol–water partition coefficient (Wildman–Crippen LogP) is 4.14. The Balaban J connectivity index is 1.40. The summed E-state index contributed by atoms with van der Waals surface area (Å²) in [7, 11) is 2.98. The highest BCUT2D eigenvalue weighted by molar-refractivity contribution is 5.97. The van der Waals surface area contributed by atoms with Crippen molar-refractivity contribution in [3.05, 3.63) is 105 Å². The summed E-state index contributed by atoms with van der Waals surface area (Å²) in [6, 6.07) is 10.3. The van der Waals surface area contributed by atoms with Crippen molar-refractivity contribution in [2.45, 2.75) is 25.8 Å². The first-order chi connectivity index (χ1) is 20.5. The molecule has 13 heteroatoms. The zero-order valence-electron chi connectivity index (χ0n) is 23.8. The SMILES string of the molecule is COCC(C)(C)Nc1n[nH]c2nccc(Oc3ccc(CC(=O)c4cn(C)c(=O)n(-c5ccc(F)cc5)c4=O)cc3F)c12. The van der Waals surface area contributed by atoms with Crippen LogP contribution in [0, 0.1) is 11.6 Å². The summed E-state index contributed by atoms with van der Waals surface area (Å²) in [6.45, 7) is 4.26. The van der Waals surface area contributed by atoms with Crippen molar-refractivity contribution in [3.8, 4) is 17.2 Å². The van der Waals surface area contributed by atoms with Gasteiger partial charge in [-0.15, -0.1) is 0 Å². The number of pyridine rings is 1. The van der Waals surface area contributed by atoms with Gasteiger partial charge in [-0.1, -0.05) is 6.07 Å². The molecule has 222 valence electrons. The smallest absolute Gasteiger partial charge is 0.335 e. The number of aryl methyl sites for hydroxylation is 1. The number of methoxy groups -OCH3 is 1. The summed E-state index contributed by atoms with van der Waals surface area (Å²) < 4.78 is 41.7. The third-order valence-corrected chi connectivity index (χ3v) is 6.60. The Morgan fingerprint density at radius 2 is 1.81 bits per heavy atom. The van der Waals surface area contributed by atoms with E-state index in [1.807, 2.05) is 13.8 Å². The van der Waals surface area contributed by atoms with E-state index >= 15 is 4.39 Å². The molecule has 0 fully saturated rings. The molecule has 2 aromatic carbocycles. The molecule has 2 N–H and O–H groups in total. The lowest BCUT2D eigenvalue weighted by Crippen LogP contribution is -2.40. The van der Waals surface area contributed by atoms with E-state index in [4.69, 9.17) is 9.47 Å². The number of hydrogen-bond acceptors (Lipinski definition) is 8. The molecule has 0 saturated heterocycles. The van der Waals surface area contributed by atoms with Gasteiger partial charge in [-0.05, 0) is 55.8 Å². The first-order valence-electron chi connectivity index (χ1n) is 13.2. The Morgan fingerprint density at radius 1 is 1.07 bits per heavy atom. The highest BCUT2D eigenvalue weighted by atomic mass is 19.1. The monoisotopic (exact) mass is 590 g/mol. The Morgan fingerprint density at radius 3 is 2.51 bits per heavy atom. The molecule has 0 atom stereocenters. The predicted molar refractivity (Wildman–Crippen MR) is 155 cm³/mol. The number of anilines is 1. The highest BCUT2D eigenvalue weighted by Crippen LogP contribution is 2.35. The molecule has 11 nitrogen and oxygen atoms in total. The molecule has 43 heavy (non-hydrogen) atoms. The Kier molecular flexibility index (Phi) is 7.91. The van der Waals surface area contributed by atoms with E-state index in [9.17, 15) is 18.8 Å². The largest absolute Gasteiger partial charge is 0.453 e. The van der Waals surface area contributed by atoms with E-state index in [-0.39, 0.29) is 29.0 Å². The van der Waals surface area contributed by atoms with E-state index < -0.39 is 34.2 Å². The van der Waals surface area contributed by atoms with Crippen LogP contribution in [0.1, 0.15) is 29.8 Å². The quantitative estimate of drug-likeness (QED) is 0.232. The van der Waals surface area contributed by atoms with Crippen molar-refractivity contribution in [2.75, 3.05) is 19.0 Å². The van der Waals surface area contributed by atoms with Crippen LogP contribution in [0.25, 0.3) is 16.7 Å². The second-order valence-electron chi connectivity index (χ2n) is 10.6. The van der Waals surface area contributed by atoms with Crippen molar-refractivity contribution >= 4 is 22.6 Å². The first-order valence-corrected chi connectivity index (χ1v) is 13.2. The van der Waals surface area contributed by atoms with Gasteiger partial charge >= 0.3 is 5.69 Å². The summed E-state index contributed by atoms with van der Waals surface area (Å²) in [6.07, 6.45) is 2.31. The lowest BCUT2D eigenvalue weighted by atomic mass is 10.0. The minimum atomic E-state index is -0.861. The van der Waals surface area contributed by atoms with Gasteiger partial charge in [0.2, 0.25) is 0 Å². The van der Waals surface area contributed by atoms with Gasteiger partial charge in [-0.3, -0.25) is 14.7 Å². The van der Waals surface area contributed by atoms with Gasteiger partial charge in [0.1, 0.15) is 22.5 Å². The third-order valence-electron chi connectivity index (χ3n) is 6.60. The number of Topliss-reactive ketones (excluding diaryl/α,β-unsaturated/α-hetero) is 1. The Labute approximate surface area is 243 Å². The first kappa shape index (κ1) is 29.3. The molecule has 0 aliphatic rings. The summed E-state index contributed by atoms with van der Waals surface area (Å²) >= 11 is 0. The van der Waals surface area contributed by atoms with Crippen LogP contribution in [0.15, 0.2) is 70.5 Å².